The van der Waals surface area contributed by atoms with E-state index in [4.69, 9.17) is 14.5 Å². The molecule has 0 unspecified atom stereocenters. The van der Waals surface area contributed by atoms with Crippen LogP contribution in [0, 0.1) is 5.92 Å². The molecule has 1 heterocycles. The Morgan fingerprint density at radius 1 is 1.24 bits per heavy atom. The summed E-state index contributed by atoms with van der Waals surface area (Å²) in [6, 6.07) is 9.45. The molecule has 1 aliphatic rings. The van der Waals surface area contributed by atoms with Crippen LogP contribution in [0.25, 0.3) is 0 Å². The van der Waals surface area contributed by atoms with Gasteiger partial charge < -0.3 is 14.8 Å². The van der Waals surface area contributed by atoms with Gasteiger partial charge in [-0.3, -0.25) is 4.79 Å². The summed E-state index contributed by atoms with van der Waals surface area (Å²) in [7, 11) is 3.17. The third kappa shape index (κ3) is 4.59. The van der Waals surface area contributed by atoms with E-state index in [0.29, 0.717) is 24.8 Å². The number of carbonyl (C=O) groups is 1. The highest BCUT2D eigenvalue weighted by Crippen LogP contribution is 2.24. The van der Waals surface area contributed by atoms with Gasteiger partial charge in [0, 0.05) is 0 Å². The van der Waals surface area contributed by atoms with Crippen LogP contribution in [0.3, 0.4) is 0 Å². The van der Waals surface area contributed by atoms with Crippen LogP contribution in [0.4, 0.5) is 0 Å². The first-order valence-electron chi connectivity index (χ1n) is 8.46. The molecule has 1 aliphatic heterocycles. The average Bonchev–Trinajstić information content (AvgIpc) is 2.60. The molecule has 0 aromatic heterocycles. The smallest absolute Gasteiger partial charge is 0.224 e. The highest BCUT2D eigenvalue weighted by molar-refractivity contribution is 5.97. The second-order valence-corrected chi connectivity index (χ2v) is 6.69. The first-order chi connectivity index (χ1) is 11.9. The van der Waals surface area contributed by atoms with E-state index in [1.807, 2.05) is 37.3 Å². The first-order valence-corrected chi connectivity index (χ1v) is 8.46. The first kappa shape index (κ1) is 19.0. The number of benzene rings is 1. The van der Waals surface area contributed by atoms with Gasteiger partial charge >= 0.3 is 0 Å². The number of ether oxygens (including phenoxy) is 2. The summed E-state index contributed by atoms with van der Waals surface area (Å²) in [5, 5.41) is 2.93. The summed E-state index contributed by atoms with van der Waals surface area (Å²) in [6.45, 7) is 6.29. The van der Waals surface area contributed by atoms with Crippen molar-refractivity contribution in [1.82, 2.24) is 5.32 Å². The number of hydrogen-bond donors (Lipinski definition) is 1. The predicted octanol–water partition coefficient (Wildman–Crippen LogP) is 2.23. The van der Waals surface area contributed by atoms with Crippen molar-refractivity contribution in [3.63, 3.8) is 0 Å². The van der Waals surface area contributed by atoms with E-state index in [-0.39, 0.29) is 17.9 Å². The summed E-state index contributed by atoms with van der Waals surface area (Å²) in [5.41, 5.74) is 0.188. The number of rotatable bonds is 5. The molecular weight excluding hydrogens is 318 g/mol. The predicted molar refractivity (Wildman–Crippen MR) is 99.1 cm³/mol. The van der Waals surface area contributed by atoms with Crippen LogP contribution in [-0.4, -0.2) is 50.0 Å². The van der Waals surface area contributed by atoms with Crippen LogP contribution in [-0.2, 0) is 20.7 Å². The van der Waals surface area contributed by atoms with Crippen molar-refractivity contribution < 1.29 is 14.3 Å². The lowest BCUT2D eigenvalue weighted by Gasteiger charge is -2.33. The van der Waals surface area contributed by atoms with Crippen LogP contribution >= 0.6 is 0 Å². The van der Waals surface area contributed by atoms with E-state index in [2.05, 4.69) is 24.2 Å². The van der Waals surface area contributed by atoms with Crippen LogP contribution in [0.5, 0.6) is 0 Å². The summed E-state index contributed by atoms with van der Waals surface area (Å²) >= 11 is 0. The zero-order chi connectivity index (χ0) is 18.4. The molecule has 0 bridgehead atoms. The molecule has 1 amide bonds. The maximum atomic E-state index is 12.2. The van der Waals surface area contributed by atoms with Crippen LogP contribution < -0.4 is 5.32 Å². The number of aliphatic imine (C=N–C) groups is 2. The molecule has 1 aromatic rings. The molecule has 0 spiro atoms. The van der Waals surface area contributed by atoms with Gasteiger partial charge in [-0.2, -0.15) is 0 Å². The molecule has 0 radical (unpaired) electrons. The molecular formula is C19H27N3O3. The van der Waals surface area contributed by atoms with Gasteiger partial charge in [0.15, 0.2) is 5.54 Å². The monoisotopic (exact) mass is 345 g/mol. The summed E-state index contributed by atoms with van der Waals surface area (Å²) < 4.78 is 10.9. The van der Waals surface area contributed by atoms with Gasteiger partial charge in [0.2, 0.25) is 17.7 Å². The van der Waals surface area contributed by atoms with E-state index < -0.39 is 5.54 Å². The van der Waals surface area contributed by atoms with E-state index in [0.717, 1.165) is 5.56 Å². The Kier molecular flexibility index (Phi) is 6.17. The minimum atomic E-state index is -0.780. The molecule has 2 atom stereocenters. The Bertz CT molecular complexity index is 655. The van der Waals surface area contributed by atoms with E-state index in [1.54, 1.807) is 14.2 Å². The Morgan fingerprint density at radius 2 is 1.92 bits per heavy atom. The van der Waals surface area contributed by atoms with Gasteiger partial charge in [0.05, 0.1) is 27.2 Å². The van der Waals surface area contributed by atoms with Crippen molar-refractivity contribution in [2.75, 3.05) is 20.8 Å². The Morgan fingerprint density at radius 3 is 2.48 bits per heavy atom. The lowest BCUT2D eigenvalue weighted by molar-refractivity contribution is -0.120. The number of nitrogens with one attached hydrogen (secondary N) is 1. The highest BCUT2D eigenvalue weighted by atomic mass is 16.5. The van der Waals surface area contributed by atoms with Crippen LogP contribution in [0.1, 0.15) is 26.3 Å². The number of amides is 1. The Hall–Kier alpha value is -2.37. The molecule has 0 fully saturated rings. The van der Waals surface area contributed by atoms with Crippen molar-refractivity contribution >= 4 is 17.7 Å². The molecule has 1 N–H and O–H groups in total. The second-order valence-electron chi connectivity index (χ2n) is 6.69. The largest absolute Gasteiger partial charge is 0.483 e. The topological polar surface area (TPSA) is 72.3 Å². The summed E-state index contributed by atoms with van der Waals surface area (Å²) in [5.74, 6) is 1.24. The molecule has 6 heteroatoms. The maximum Gasteiger partial charge on any atom is 0.224 e. The minimum absolute atomic E-state index is 0.0666. The number of methoxy groups -OCH3 is 2. The number of nitrogens with zero attached hydrogens (tertiary/aromatic N) is 2. The van der Waals surface area contributed by atoms with Gasteiger partial charge in [-0.25, -0.2) is 9.98 Å². The van der Waals surface area contributed by atoms with Gasteiger partial charge in [0.25, 0.3) is 0 Å². The van der Waals surface area contributed by atoms with Crippen molar-refractivity contribution in [2.45, 2.75) is 38.8 Å². The zero-order valence-corrected chi connectivity index (χ0v) is 15.6. The maximum absolute atomic E-state index is 12.2. The zero-order valence-electron chi connectivity index (χ0n) is 15.6. The molecule has 136 valence electrons. The fourth-order valence-corrected chi connectivity index (χ4v) is 2.78. The van der Waals surface area contributed by atoms with E-state index in [9.17, 15) is 4.79 Å². The lowest BCUT2D eigenvalue weighted by atomic mass is 9.96. The Balaban J connectivity index is 2.09. The van der Waals surface area contributed by atoms with Crippen LogP contribution in [0.2, 0.25) is 0 Å². The van der Waals surface area contributed by atoms with Gasteiger partial charge in [-0.05, 0) is 18.4 Å². The van der Waals surface area contributed by atoms with Gasteiger partial charge in [-0.15, -0.1) is 0 Å². The molecule has 6 nitrogen and oxygen atoms in total. The molecule has 0 saturated carbocycles. The van der Waals surface area contributed by atoms with Crippen LogP contribution in [0.15, 0.2) is 40.3 Å². The average molecular weight is 345 g/mol. The molecule has 2 rings (SSSR count). The van der Waals surface area contributed by atoms with Crippen molar-refractivity contribution in [2.24, 2.45) is 15.9 Å². The SMILES string of the molecule is COC1=N[C@](C)(CNC(=O)Cc2ccccc2)C(OC)=N[C@H]1C(C)C. The minimum Gasteiger partial charge on any atom is -0.483 e. The van der Waals surface area contributed by atoms with Gasteiger partial charge in [-0.1, -0.05) is 44.2 Å². The molecule has 0 aliphatic carbocycles. The molecule has 1 aromatic carbocycles. The van der Waals surface area contributed by atoms with Crippen molar-refractivity contribution in [1.29, 1.82) is 0 Å². The fraction of sp³-hybridized carbons (Fsp3) is 0.526. The number of hydrogen-bond acceptors (Lipinski definition) is 5. The van der Waals surface area contributed by atoms with Crippen molar-refractivity contribution in [3.8, 4) is 0 Å². The Labute approximate surface area is 149 Å². The normalized spacial score (nSPS) is 22.9. The standard InChI is InChI=1S/C19H27N3O3/c1-13(2)16-17(24-4)22-19(3,18(21-16)25-5)12-20-15(23)11-14-9-7-6-8-10-14/h6-10,13,16H,11-12H2,1-5H3,(H,20,23)/t16-,19+/m0/s1. The third-order valence-electron chi connectivity index (χ3n) is 4.20. The second kappa shape index (κ2) is 8.14. The highest BCUT2D eigenvalue weighted by Gasteiger charge is 2.40. The van der Waals surface area contributed by atoms with E-state index >= 15 is 0 Å². The summed E-state index contributed by atoms with van der Waals surface area (Å²) in [6.07, 6.45) is 0.325. The van der Waals surface area contributed by atoms with E-state index in [1.165, 1.54) is 0 Å². The molecule has 0 saturated heterocycles. The van der Waals surface area contributed by atoms with Gasteiger partial charge in [0.1, 0.15) is 6.04 Å². The third-order valence-corrected chi connectivity index (χ3v) is 4.20. The summed E-state index contributed by atoms with van der Waals surface area (Å²) in [4.78, 5) is 21.6. The molecule has 25 heavy (non-hydrogen) atoms. The quantitative estimate of drug-likeness (QED) is 0.889. The van der Waals surface area contributed by atoms with Crippen molar-refractivity contribution in [3.05, 3.63) is 35.9 Å². The fourth-order valence-electron chi connectivity index (χ4n) is 2.78. The number of carbonyl (C=O) groups excluding carboxylic acids is 1. The lowest BCUT2D eigenvalue weighted by Crippen LogP contribution is -2.51.